The molecule has 0 bridgehead atoms. The van der Waals surface area contributed by atoms with Crippen LogP contribution < -0.4 is 0 Å². The minimum atomic E-state index is -0.176. The molecule has 1 N–H and O–H groups in total. The van der Waals surface area contributed by atoms with Crippen LogP contribution in [0.4, 0.5) is 4.39 Å². The second-order valence-corrected chi connectivity index (χ2v) is 5.26. The first kappa shape index (κ1) is 10.6. The third kappa shape index (κ3) is 1.39. The summed E-state index contributed by atoms with van der Waals surface area (Å²) in [6, 6.07) is 5.16. The van der Waals surface area contributed by atoms with E-state index in [-0.39, 0.29) is 23.3 Å². The number of aryl methyl sites for hydroxylation is 1. The normalized spacial score (nSPS) is 27.8. The standard InChI is InChI=1S/C13H17FO/c1-9-6-10(4-5-11(9)14)13(8-15)7-12(13,2)3/h4-6,15H,7-8H2,1-3H3. The van der Waals surface area contributed by atoms with Gasteiger partial charge < -0.3 is 5.11 Å². The molecular formula is C13H17FO. The van der Waals surface area contributed by atoms with Gasteiger partial charge in [-0.3, -0.25) is 0 Å². The van der Waals surface area contributed by atoms with Crippen molar-refractivity contribution in [2.24, 2.45) is 5.41 Å². The van der Waals surface area contributed by atoms with E-state index in [9.17, 15) is 9.50 Å². The molecule has 0 saturated heterocycles. The molecule has 0 amide bonds. The minimum absolute atomic E-state index is 0.131. The number of halogens is 1. The van der Waals surface area contributed by atoms with Gasteiger partial charge in [0.05, 0.1) is 6.61 Å². The highest BCUT2D eigenvalue weighted by Gasteiger charge is 2.61. The number of hydrogen-bond acceptors (Lipinski definition) is 1. The first-order valence-electron chi connectivity index (χ1n) is 5.30. The molecule has 1 saturated carbocycles. The molecule has 1 unspecified atom stereocenters. The van der Waals surface area contributed by atoms with Crippen molar-refractivity contribution >= 4 is 0 Å². The number of aliphatic hydroxyl groups is 1. The maximum atomic E-state index is 13.1. The average Bonchev–Trinajstić information content (AvgIpc) is 2.75. The van der Waals surface area contributed by atoms with Crippen molar-refractivity contribution in [3.63, 3.8) is 0 Å². The first-order chi connectivity index (χ1) is 6.93. The summed E-state index contributed by atoms with van der Waals surface area (Å²) in [6.45, 7) is 6.19. The minimum Gasteiger partial charge on any atom is -0.395 e. The molecule has 1 aliphatic carbocycles. The molecule has 0 aliphatic heterocycles. The lowest BCUT2D eigenvalue weighted by Crippen LogP contribution is -2.19. The topological polar surface area (TPSA) is 20.2 Å². The Bertz CT molecular complexity index is 398. The molecule has 2 heteroatoms. The zero-order chi connectivity index (χ0) is 11.3. The second kappa shape index (κ2) is 3.05. The monoisotopic (exact) mass is 208 g/mol. The number of hydrogen-bond donors (Lipinski definition) is 1. The van der Waals surface area contributed by atoms with Crippen molar-refractivity contribution in [1.82, 2.24) is 0 Å². The molecule has 2 rings (SSSR count). The van der Waals surface area contributed by atoms with Crippen molar-refractivity contribution in [2.45, 2.75) is 32.6 Å². The maximum Gasteiger partial charge on any atom is 0.126 e. The molecule has 0 aromatic heterocycles. The van der Waals surface area contributed by atoms with Crippen LogP contribution in [0.1, 0.15) is 31.4 Å². The lowest BCUT2D eigenvalue weighted by Gasteiger charge is -2.19. The molecule has 0 heterocycles. The van der Waals surface area contributed by atoms with Crippen molar-refractivity contribution in [2.75, 3.05) is 6.61 Å². The fourth-order valence-corrected chi connectivity index (χ4v) is 2.51. The Morgan fingerprint density at radius 1 is 1.40 bits per heavy atom. The smallest absolute Gasteiger partial charge is 0.126 e. The second-order valence-electron chi connectivity index (χ2n) is 5.26. The van der Waals surface area contributed by atoms with Gasteiger partial charge in [0.15, 0.2) is 0 Å². The van der Waals surface area contributed by atoms with E-state index in [0.717, 1.165) is 12.0 Å². The molecule has 1 fully saturated rings. The van der Waals surface area contributed by atoms with Crippen molar-refractivity contribution < 1.29 is 9.50 Å². The third-order valence-electron chi connectivity index (χ3n) is 3.89. The van der Waals surface area contributed by atoms with E-state index in [1.807, 2.05) is 6.07 Å². The zero-order valence-corrected chi connectivity index (χ0v) is 9.47. The molecule has 1 nitrogen and oxygen atoms in total. The van der Waals surface area contributed by atoms with E-state index < -0.39 is 0 Å². The largest absolute Gasteiger partial charge is 0.395 e. The summed E-state index contributed by atoms with van der Waals surface area (Å²) >= 11 is 0. The predicted octanol–water partition coefficient (Wildman–Crippen LogP) is 2.79. The van der Waals surface area contributed by atoms with Crippen LogP contribution in [0.3, 0.4) is 0 Å². The molecule has 82 valence electrons. The first-order valence-corrected chi connectivity index (χ1v) is 5.30. The van der Waals surface area contributed by atoms with E-state index >= 15 is 0 Å². The summed E-state index contributed by atoms with van der Waals surface area (Å²) in [5.41, 5.74) is 1.70. The predicted molar refractivity (Wildman–Crippen MR) is 58.3 cm³/mol. The van der Waals surface area contributed by atoms with Gasteiger partial charge in [-0.1, -0.05) is 26.0 Å². The molecule has 0 spiro atoms. The maximum absolute atomic E-state index is 13.1. The van der Waals surface area contributed by atoms with Crippen LogP contribution in [0, 0.1) is 18.2 Å². The Labute approximate surface area is 89.9 Å². The highest BCUT2D eigenvalue weighted by molar-refractivity contribution is 5.39. The summed E-state index contributed by atoms with van der Waals surface area (Å²) in [6.07, 6.45) is 0.974. The summed E-state index contributed by atoms with van der Waals surface area (Å²) in [5.74, 6) is -0.176. The van der Waals surface area contributed by atoms with E-state index in [1.54, 1.807) is 13.0 Å². The lowest BCUT2D eigenvalue weighted by molar-refractivity contribution is 0.231. The van der Waals surface area contributed by atoms with Gasteiger partial charge in [0.2, 0.25) is 0 Å². The van der Waals surface area contributed by atoms with E-state index in [0.29, 0.717) is 5.56 Å². The summed E-state index contributed by atoms with van der Waals surface area (Å²) < 4.78 is 13.1. The molecule has 0 radical (unpaired) electrons. The van der Waals surface area contributed by atoms with Gasteiger partial charge in [-0.15, -0.1) is 0 Å². The number of aliphatic hydroxyl groups excluding tert-OH is 1. The highest BCUT2D eigenvalue weighted by Crippen LogP contribution is 2.63. The van der Waals surface area contributed by atoms with Crippen LogP contribution in [-0.4, -0.2) is 11.7 Å². The molecular weight excluding hydrogens is 191 g/mol. The Kier molecular flexibility index (Phi) is 2.16. The third-order valence-corrected chi connectivity index (χ3v) is 3.89. The highest BCUT2D eigenvalue weighted by atomic mass is 19.1. The van der Waals surface area contributed by atoms with Gasteiger partial charge >= 0.3 is 0 Å². The Balaban J connectivity index is 2.42. The molecule has 1 aromatic carbocycles. The Morgan fingerprint density at radius 3 is 2.40 bits per heavy atom. The number of benzene rings is 1. The van der Waals surface area contributed by atoms with E-state index in [1.165, 1.54) is 6.07 Å². The van der Waals surface area contributed by atoms with Crippen LogP contribution in [0.5, 0.6) is 0 Å². The molecule has 1 aliphatic rings. The van der Waals surface area contributed by atoms with Crippen molar-refractivity contribution in [3.8, 4) is 0 Å². The van der Waals surface area contributed by atoms with Gasteiger partial charge in [-0.05, 0) is 36.0 Å². The van der Waals surface area contributed by atoms with Crippen LogP contribution >= 0.6 is 0 Å². The van der Waals surface area contributed by atoms with Crippen LogP contribution in [-0.2, 0) is 5.41 Å². The number of rotatable bonds is 2. The summed E-state index contributed by atoms with van der Waals surface area (Å²) in [5, 5.41) is 9.51. The van der Waals surface area contributed by atoms with Crippen molar-refractivity contribution in [3.05, 3.63) is 35.1 Å². The van der Waals surface area contributed by atoms with Gasteiger partial charge in [0.1, 0.15) is 5.82 Å². The summed E-state index contributed by atoms with van der Waals surface area (Å²) in [4.78, 5) is 0. The van der Waals surface area contributed by atoms with Gasteiger partial charge in [0, 0.05) is 5.41 Å². The Hall–Kier alpha value is -0.890. The lowest BCUT2D eigenvalue weighted by atomic mass is 9.88. The summed E-state index contributed by atoms with van der Waals surface area (Å²) in [7, 11) is 0. The van der Waals surface area contributed by atoms with E-state index in [4.69, 9.17) is 0 Å². The molecule has 1 aromatic rings. The van der Waals surface area contributed by atoms with Crippen molar-refractivity contribution in [1.29, 1.82) is 0 Å². The van der Waals surface area contributed by atoms with Gasteiger partial charge in [-0.25, -0.2) is 4.39 Å². The Morgan fingerprint density at radius 2 is 2.00 bits per heavy atom. The van der Waals surface area contributed by atoms with Crippen LogP contribution in [0.25, 0.3) is 0 Å². The van der Waals surface area contributed by atoms with Crippen LogP contribution in [0.2, 0.25) is 0 Å². The average molecular weight is 208 g/mol. The van der Waals surface area contributed by atoms with Crippen LogP contribution in [0.15, 0.2) is 18.2 Å². The van der Waals surface area contributed by atoms with E-state index in [2.05, 4.69) is 13.8 Å². The fraction of sp³-hybridized carbons (Fsp3) is 0.538. The zero-order valence-electron chi connectivity index (χ0n) is 9.47. The fourth-order valence-electron chi connectivity index (χ4n) is 2.51. The van der Waals surface area contributed by atoms with Gasteiger partial charge in [-0.2, -0.15) is 0 Å². The quantitative estimate of drug-likeness (QED) is 0.792. The molecule has 15 heavy (non-hydrogen) atoms. The SMILES string of the molecule is Cc1cc(C2(CO)CC2(C)C)ccc1F. The van der Waals surface area contributed by atoms with Gasteiger partial charge in [0.25, 0.3) is 0 Å². The molecule has 1 atom stereocenters.